The van der Waals surface area contributed by atoms with Gasteiger partial charge in [0.1, 0.15) is 4.88 Å². The summed E-state index contributed by atoms with van der Waals surface area (Å²) in [5, 5.41) is 6.75. The number of nitrogens with zero attached hydrogens (tertiary/aromatic N) is 1. The number of nitrogens with one attached hydrogen (secondary N) is 2. The molecule has 1 amide bonds. The number of aryl methyl sites for hydroxylation is 1. The van der Waals surface area contributed by atoms with Gasteiger partial charge < -0.3 is 10.6 Å². The molecule has 0 atom stereocenters. The Kier molecular flexibility index (Phi) is 4.96. The van der Waals surface area contributed by atoms with E-state index in [2.05, 4.69) is 21.7 Å². The molecule has 1 heterocycles. The predicted molar refractivity (Wildman–Crippen MR) is 79.9 cm³/mol. The lowest BCUT2D eigenvalue weighted by Crippen LogP contribution is -2.24. The Labute approximate surface area is 118 Å². The molecule has 2 rings (SSSR count). The van der Waals surface area contributed by atoms with Gasteiger partial charge in [0.2, 0.25) is 0 Å². The minimum atomic E-state index is -0.00657. The lowest BCUT2D eigenvalue weighted by atomic mass is 9.97. The third kappa shape index (κ3) is 3.80. The first kappa shape index (κ1) is 14.1. The summed E-state index contributed by atoms with van der Waals surface area (Å²) in [6, 6.07) is 0. The Morgan fingerprint density at radius 3 is 2.95 bits per heavy atom. The Morgan fingerprint density at radius 2 is 2.32 bits per heavy atom. The van der Waals surface area contributed by atoms with Crippen molar-refractivity contribution >= 4 is 22.4 Å². The molecule has 0 unspecified atom stereocenters. The smallest absolute Gasteiger partial charge is 0.263 e. The van der Waals surface area contributed by atoms with Crippen molar-refractivity contribution in [2.24, 2.45) is 0 Å². The molecule has 0 bridgehead atoms. The second-order valence-electron chi connectivity index (χ2n) is 4.80. The van der Waals surface area contributed by atoms with Crippen molar-refractivity contribution in [3.8, 4) is 0 Å². The molecule has 1 aliphatic carbocycles. The highest BCUT2D eigenvalue weighted by molar-refractivity contribution is 7.17. The summed E-state index contributed by atoms with van der Waals surface area (Å²) in [4.78, 5) is 17.0. The molecule has 19 heavy (non-hydrogen) atoms. The van der Waals surface area contributed by atoms with E-state index in [0.717, 1.165) is 23.8 Å². The van der Waals surface area contributed by atoms with Crippen molar-refractivity contribution in [3.63, 3.8) is 0 Å². The Balaban J connectivity index is 1.83. The molecule has 1 aromatic heterocycles. The summed E-state index contributed by atoms with van der Waals surface area (Å²) in [6.07, 6.45) is 8.29. The molecule has 0 saturated carbocycles. The number of hydrogen-bond donors (Lipinski definition) is 2. The lowest BCUT2D eigenvalue weighted by Gasteiger charge is -2.12. The van der Waals surface area contributed by atoms with Gasteiger partial charge in [0.25, 0.3) is 5.91 Å². The van der Waals surface area contributed by atoms with E-state index in [1.54, 1.807) is 0 Å². The summed E-state index contributed by atoms with van der Waals surface area (Å²) in [6.45, 7) is 2.59. The summed E-state index contributed by atoms with van der Waals surface area (Å²) >= 11 is 1.40. The maximum atomic E-state index is 12.0. The largest absolute Gasteiger partial charge is 0.365 e. The summed E-state index contributed by atoms with van der Waals surface area (Å²) in [5.41, 5.74) is 2.28. The van der Waals surface area contributed by atoms with E-state index < -0.39 is 0 Å². The number of allylic oxidation sites excluding steroid dienone is 1. The van der Waals surface area contributed by atoms with E-state index in [1.165, 1.54) is 42.6 Å². The lowest BCUT2D eigenvalue weighted by molar-refractivity contribution is 0.0957. The molecule has 0 aromatic carbocycles. The maximum Gasteiger partial charge on any atom is 0.263 e. The van der Waals surface area contributed by atoms with Gasteiger partial charge in [0.05, 0.1) is 5.69 Å². The summed E-state index contributed by atoms with van der Waals surface area (Å²) < 4.78 is 0. The van der Waals surface area contributed by atoms with Crippen LogP contribution < -0.4 is 10.6 Å². The molecule has 0 radical (unpaired) electrons. The third-order valence-electron chi connectivity index (χ3n) is 3.33. The van der Waals surface area contributed by atoms with Gasteiger partial charge in [-0.25, -0.2) is 4.98 Å². The normalized spacial score (nSPS) is 14.9. The van der Waals surface area contributed by atoms with Crippen molar-refractivity contribution in [2.45, 2.75) is 39.0 Å². The minimum absolute atomic E-state index is 0.00657. The highest BCUT2D eigenvalue weighted by Crippen LogP contribution is 2.22. The second-order valence-corrected chi connectivity index (χ2v) is 5.80. The van der Waals surface area contributed by atoms with Gasteiger partial charge in [-0.1, -0.05) is 23.0 Å². The van der Waals surface area contributed by atoms with Crippen LogP contribution >= 0.6 is 11.3 Å². The van der Waals surface area contributed by atoms with Crippen LogP contribution in [-0.2, 0) is 0 Å². The molecule has 0 saturated heterocycles. The van der Waals surface area contributed by atoms with Crippen LogP contribution in [-0.4, -0.2) is 24.5 Å². The second kappa shape index (κ2) is 6.70. The average Bonchev–Trinajstić information content (AvgIpc) is 2.81. The van der Waals surface area contributed by atoms with Crippen molar-refractivity contribution in [2.75, 3.05) is 18.9 Å². The SMILES string of the molecule is CNc1nc(C)c(C(=O)NCCC2=CCCCC2)s1. The van der Waals surface area contributed by atoms with Crippen LogP contribution in [0.5, 0.6) is 0 Å². The van der Waals surface area contributed by atoms with Gasteiger partial charge >= 0.3 is 0 Å². The van der Waals surface area contributed by atoms with Gasteiger partial charge in [-0.15, -0.1) is 0 Å². The Hall–Kier alpha value is -1.36. The standard InChI is InChI=1S/C14H21N3OS/c1-10-12(19-14(15-2)17-10)13(18)16-9-8-11-6-4-3-5-7-11/h6H,3-5,7-9H2,1-2H3,(H,15,17)(H,16,18). The van der Waals surface area contributed by atoms with Crippen LogP contribution in [0.15, 0.2) is 11.6 Å². The predicted octanol–water partition coefficient (Wildman–Crippen LogP) is 3.11. The van der Waals surface area contributed by atoms with Gasteiger partial charge in [0, 0.05) is 13.6 Å². The molecular formula is C14H21N3OS. The van der Waals surface area contributed by atoms with Crippen LogP contribution in [0.2, 0.25) is 0 Å². The number of thiazole rings is 1. The summed E-state index contributed by atoms with van der Waals surface area (Å²) in [5.74, 6) is -0.00657. The first-order valence-electron chi connectivity index (χ1n) is 6.82. The van der Waals surface area contributed by atoms with Crippen molar-refractivity contribution in [1.29, 1.82) is 0 Å². The number of hydrogen-bond acceptors (Lipinski definition) is 4. The van der Waals surface area contributed by atoms with Crippen molar-refractivity contribution in [1.82, 2.24) is 10.3 Å². The van der Waals surface area contributed by atoms with Crippen LogP contribution in [0.1, 0.15) is 47.5 Å². The number of carbonyl (C=O) groups is 1. The number of aromatic nitrogens is 1. The molecule has 0 aliphatic heterocycles. The zero-order valence-electron chi connectivity index (χ0n) is 11.6. The monoisotopic (exact) mass is 279 g/mol. The van der Waals surface area contributed by atoms with Crippen LogP contribution in [0, 0.1) is 6.92 Å². The topological polar surface area (TPSA) is 54.0 Å². The average molecular weight is 279 g/mol. The zero-order chi connectivity index (χ0) is 13.7. The van der Waals surface area contributed by atoms with Crippen molar-refractivity contribution < 1.29 is 4.79 Å². The fourth-order valence-corrected chi connectivity index (χ4v) is 3.10. The van der Waals surface area contributed by atoms with Gasteiger partial charge in [-0.2, -0.15) is 0 Å². The van der Waals surface area contributed by atoms with Gasteiger partial charge in [-0.3, -0.25) is 4.79 Å². The first-order chi connectivity index (χ1) is 9.20. The molecule has 0 fully saturated rings. The van der Waals surface area contributed by atoms with E-state index in [4.69, 9.17) is 0 Å². The zero-order valence-corrected chi connectivity index (χ0v) is 12.4. The van der Waals surface area contributed by atoms with Crippen LogP contribution in [0.4, 0.5) is 5.13 Å². The fourth-order valence-electron chi connectivity index (χ4n) is 2.26. The van der Waals surface area contributed by atoms with E-state index in [9.17, 15) is 4.79 Å². The molecule has 1 aromatic rings. The summed E-state index contributed by atoms with van der Waals surface area (Å²) in [7, 11) is 1.81. The number of rotatable bonds is 5. The highest BCUT2D eigenvalue weighted by atomic mass is 32.1. The maximum absolute atomic E-state index is 12.0. The van der Waals surface area contributed by atoms with Gasteiger partial charge in [-0.05, 0) is 39.0 Å². The number of amides is 1. The minimum Gasteiger partial charge on any atom is -0.365 e. The molecule has 0 spiro atoms. The molecule has 1 aliphatic rings. The molecule has 4 nitrogen and oxygen atoms in total. The van der Waals surface area contributed by atoms with Crippen molar-refractivity contribution in [3.05, 3.63) is 22.2 Å². The Morgan fingerprint density at radius 1 is 1.47 bits per heavy atom. The van der Waals surface area contributed by atoms with Gasteiger partial charge in [0.15, 0.2) is 5.13 Å². The highest BCUT2D eigenvalue weighted by Gasteiger charge is 2.14. The van der Waals surface area contributed by atoms with Crippen LogP contribution in [0.3, 0.4) is 0 Å². The molecular weight excluding hydrogens is 258 g/mol. The van der Waals surface area contributed by atoms with E-state index in [-0.39, 0.29) is 5.91 Å². The first-order valence-corrected chi connectivity index (χ1v) is 7.63. The van der Waals surface area contributed by atoms with E-state index in [0.29, 0.717) is 4.88 Å². The quantitative estimate of drug-likeness (QED) is 0.814. The van der Waals surface area contributed by atoms with E-state index in [1.807, 2.05) is 14.0 Å². The Bertz CT molecular complexity index is 479. The molecule has 104 valence electrons. The number of anilines is 1. The number of carbonyl (C=O) groups excluding carboxylic acids is 1. The van der Waals surface area contributed by atoms with Crippen LogP contribution in [0.25, 0.3) is 0 Å². The molecule has 2 N–H and O–H groups in total. The third-order valence-corrected chi connectivity index (χ3v) is 4.51. The fraction of sp³-hybridized carbons (Fsp3) is 0.571. The van der Waals surface area contributed by atoms with E-state index >= 15 is 0 Å². The molecule has 5 heteroatoms.